The van der Waals surface area contributed by atoms with E-state index in [4.69, 9.17) is 11.6 Å². The van der Waals surface area contributed by atoms with Gasteiger partial charge in [-0.3, -0.25) is 14.4 Å². The molecule has 0 fully saturated rings. The van der Waals surface area contributed by atoms with E-state index in [-0.39, 0.29) is 22.8 Å². The lowest BCUT2D eigenvalue weighted by Crippen LogP contribution is -2.43. The molecule has 1 atom stereocenters. The molecule has 0 aromatic carbocycles. The van der Waals surface area contributed by atoms with Gasteiger partial charge in [-0.05, 0) is 18.3 Å². The van der Waals surface area contributed by atoms with Gasteiger partial charge in [-0.1, -0.05) is 32.4 Å². The number of halogens is 1. The average Bonchev–Trinajstić information content (AvgIpc) is 2.26. The minimum Gasteiger partial charge on any atom is -0.468 e. The van der Waals surface area contributed by atoms with Crippen molar-refractivity contribution >= 4 is 29.1 Å². The van der Waals surface area contributed by atoms with E-state index in [0.717, 1.165) is 0 Å². The van der Waals surface area contributed by atoms with Crippen LogP contribution >= 0.6 is 11.6 Å². The van der Waals surface area contributed by atoms with Crippen LogP contribution in [0.4, 0.5) is 0 Å². The molecule has 106 valence electrons. The molecule has 0 heterocycles. The first-order valence-electron chi connectivity index (χ1n) is 6.30. The summed E-state index contributed by atoms with van der Waals surface area (Å²) in [6, 6.07) is 0. The van der Waals surface area contributed by atoms with Gasteiger partial charge >= 0.3 is 5.97 Å². The molecule has 0 aliphatic heterocycles. The second kappa shape index (κ2) is 5.87. The summed E-state index contributed by atoms with van der Waals surface area (Å²) in [5.41, 5.74) is -0.657. The standard InChI is InChI=1S/C14H19ClO4/c1-5-6-9(16)10-8(15)7-14(2,3)11(12(10)17)13(18)19-4/h11H,5-7H2,1-4H3. The summed E-state index contributed by atoms with van der Waals surface area (Å²) >= 11 is 6.09. The molecule has 1 aliphatic carbocycles. The Morgan fingerprint density at radius 3 is 2.47 bits per heavy atom. The van der Waals surface area contributed by atoms with Gasteiger partial charge in [0.25, 0.3) is 0 Å². The Hall–Kier alpha value is -1.16. The first kappa shape index (κ1) is 15.9. The van der Waals surface area contributed by atoms with E-state index in [1.807, 2.05) is 6.92 Å². The zero-order valence-corrected chi connectivity index (χ0v) is 12.5. The van der Waals surface area contributed by atoms with Gasteiger partial charge in [0.1, 0.15) is 5.92 Å². The number of esters is 1. The Balaban J connectivity index is 3.24. The zero-order valence-electron chi connectivity index (χ0n) is 11.7. The van der Waals surface area contributed by atoms with Crippen LogP contribution in [0.15, 0.2) is 10.6 Å². The van der Waals surface area contributed by atoms with E-state index in [0.29, 0.717) is 12.8 Å². The van der Waals surface area contributed by atoms with Crippen LogP contribution in [0.2, 0.25) is 0 Å². The summed E-state index contributed by atoms with van der Waals surface area (Å²) < 4.78 is 4.68. The Labute approximate surface area is 118 Å². The highest BCUT2D eigenvalue weighted by atomic mass is 35.5. The highest BCUT2D eigenvalue weighted by molar-refractivity contribution is 6.38. The van der Waals surface area contributed by atoms with Crippen molar-refractivity contribution in [2.24, 2.45) is 11.3 Å². The molecule has 0 spiro atoms. The zero-order chi connectivity index (χ0) is 14.8. The maximum atomic E-state index is 12.4. The molecule has 0 aromatic heterocycles. The highest BCUT2D eigenvalue weighted by Gasteiger charge is 2.48. The summed E-state index contributed by atoms with van der Waals surface area (Å²) in [6.45, 7) is 5.40. The van der Waals surface area contributed by atoms with Gasteiger partial charge < -0.3 is 4.74 Å². The molecule has 0 aromatic rings. The number of carbonyl (C=O) groups is 3. The minimum absolute atomic E-state index is 0.0155. The smallest absolute Gasteiger partial charge is 0.317 e. The molecule has 1 unspecified atom stereocenters. The van der Waals surface area contributed by atoms with Gasteiger partial charge in [-0.2, -0.15) is 0 Å². The van der Waals surface area contributed by atoms with Crippen molar-refractivity contribution in [3.8, 4) is 0 Å². The summed E-state index contributed by atoms with van der Waals surface area (Å²) in [4.78, 5) is 36.2. The first-order chi connectivity index (χ1) is 8.76. The van der Waals surface area contributed by atoms with Crippen LogP contribution in [-0.2, 0) is 19.1 Å². The van der Waals surface area contributed by atoms with Crippen molar-refractivity contribution in [1.82, 2.24) is 0 Å². The molecule has 0 saturated heterocycles. The van der Waals surface area contributed by atoms with Gasteiger partial charge in [0.05, 0.1) is 12.7 Å². The number of ether oxygens (including phenoxy) is 1. The van der Waals surface area contributed by atoms with Crippen LogP contribution in [0.1, 0.15) is 40.0 Å². The van der Waals surface area contributed by atoms with Crippen molar-refractivity contribution in [2.75, 3.05) is 7.11 Å². The van der Waals surface area contributed by atoms with Gasteiger partial charge in [-0.25, -0.2) is 0 Å². The predicted octanol–water partition coefficient (Wildman–Crippen LogP) is 2.64. The lowest BCUT2D eigenvalue weighted by atomic mass is 9.68. The summed E-state index contributed by atoms with van der Waals surface area (Å²) in [6.07, 6.45) is 1.21. The fraction of sp³-hybridized carbons (Fsp3) is 0.643. The third-order valence-corrected chi connectivity index (χ3v) is 3.69. The average molecular weight is 287 g/mol. The number of methoxy groups -OCH3 is 1. The number of hydrogen-bond donors (Lipinski definition) is 0. The Bertz CT molecular complexity index is 448. The van der Waals surface area contributed by atoms with E-state index in [9.17, 15) is 14.4 Å². The van der Waals surface area contributed by atoms with Gasteiger partial charge in [0, 0.05) is 11.5 Å². The Kier molecular flexibility index (Phi) is 4.91. The topological polar surface area (TPSA) is 60.4 Å². The maximum Gasteiger partial charge on any atom is 0.317 e. The first-order valence-corrected chi connectivity index (χ1v) is 6.68. The molecule has 5 heteroatoms. The van der Waals surface area contributed by atoms with Crippen molar-refractivity contribution < 1.29 is 19.1 Å². The molecular weight excluding hydrogens is 268 g/mol. The van der Waals surface area contributed by atoms with E-state index >= 15 is 0 Å². The number of ketones is 2. The molecule has 1 aliphatic rings. The van der Waals surface area contributed by atoms with E-state index in [1.54, 1.807) is 13.8 Å². The van der Waals surface area contributed by atoms with Crippen LogP contribution in [0, 0.1) is 11.3 Å². The molecule has 1 rings (SSSR count). The van der Waals surface area contributed by atoms with Crippen LogP contribution < -0.4 is 0 Å². The van der Waals surface area contributed by atoms with Crippen LogP contribution in [0.25, 0.3) is 0 Å². The molecule has 0 N–H and O–H groups in total. The number of Topliss-reactive ketones (excluding diaryl/α,β-unsaturated/α-hetero) is 2. The largest absolute Gasteiger partial charge is 0.468 e. The van der Waals surface area contributed by atoms with Crippen LogP contribution in [0.5, 0.6) is 0 Å². The van der Waals surface area contributed by atoms with Crippen molar-refractivity contribution in [1.29, 1.82) is 0 Å². The van der Waals surface area contributed by atoms with Gasteiger partial charge in [-0.15, -0.1) is 0 Å². The lowest BCUT2D eigenvalue weighted by molar-refractivity contribution is -0.153. The molecule has 0 bridgehead atoms. The van der Waals surface area contributed by atoms with Gasteiger partial charge in [0.15, 0.2) is 11.6 Å². The number of rotatable bonds is 4. The fourth-order valence-electron chi connectivity index (χ4n) is 2.41. The fourth-order valence-corrected chi connectivity index (χ4v) is 2.95. The monoisotopic (exact) mass is 286 g/mol. The summed E-state index contributed by atoms with van der Waals surface area (Å²) in [5, 5.41) is 0.258. The van der Waals surface area contributed by atoms with E-state index in [1.165, 1.54) is 7.11 Å². The molecular formula is C14H19ClO4. The number of carbonyl (C=O) groups excluding carboxylic acids is 3. The minimum atomic E-state index is -0.962. The second-order valence-corrected chi connectivity index (χ2v) is 5.90. The normalized spacial score (nSPS) is 22.4. The predicted molar refractivity (Wildman–Crippen MR) is 71.7 cm³/mol. The third kappa shape index (κ3) is 3.06. The maximum absolute atomic E-state index is 12.4. The van der Waals surface area contributed by atoms with Crippen molar-refractivity contribution in [3.63, 3.8) is 0 Å². The molecule has 0 radical (unpaired) electrons. The summed E-state index contributed by atoms with van der Waals surface area (Å²) in [5.74, 6) is -2.37. The Morgan fingerprint density at radius 2 is 2.00 bits per heavy atom. The lowest BCUT2D eigenvalue weighted by Gasteiger charge is -2.35. The van der Waals surface area contributed by atoms with Crippen molar-refractivity contribution in [2.45, 2.75) is 40.0 Å². The summed E-state index contributed by atoms with van der Waals surface area (Å²) in [7, 11) is 1.24. The third-order valence-electron chi connectivity index (χ3n) is 3.36. The quantitative estimate of drug-likeness (QED) is 0.453. The van der Waals surface area contributed by atoms with Crippen LogP contribution in [0.3, 0.4) is 0 Å². The number of allylic oxidation sites excluding steroid dienone is 2. The highest BCUT2D eigenvalue weighted by Crippen LogP contribution is 2.43. The van der Waals surface area contributed by atoms with E-state index in [2.05, 4.69) is 4.74 Å². The van der Waals surface area contributed by atoms with Gasteiger partial charge in [0.2, 0.25) is 0 Å². The van der Waals surface area contributed by atoms with Crippen LogP contribution in [-0.4, -0.2) is 24.6 Å². The molecule has 19 heavy (non-hydrogen) atoms. The second-order valence-electron chi connectivity index (χ2n) is 5.44. The molecule has 4 nitrogen and oxygen atoms in total. The molecule has 0 saturated carbocycles. The Morgan fingerprint density at radius 1 is 1.42 bits per heavy atom. The van der Waals surface area contributed by atoms with Crippen molar-refractivity contribution in [3.05, 3.63) is 10.6 Å². The number of hydrogen-bond acceptors (Lipinski definition) is 4. The van der Waals surface area contributed by atoms with E-state index < -0.39 is 23.1 Å². The molecule has 0 amide bonds. The SMILES string of the molecule is CCCC(=O)C1=C(Cl)CC(C)(C)C(C(=O)OC)C1=O.